The Kier molecular flexibility index (Phi) is 3.63. The van der Waals surface area contributed by atoms with Gasteiger partial charge in [0, 0.05) is 18.3 Å². The van der Waals surface area contributed by atoms with Crippen LogP contribution in [-0.4, -0.2) is 46.0 Å². The number of pyridine rings is 1. The van der Waals surface area contributed by atoms with Gasteiger partial charge in [-0.1, -0.05) is 6.07 Å². The van der Waals surface area contributed by atoms with Gasteiger partial charge in [-0.15, -0.1) is 0 Å². The van der Waals surface area contributed by atoms with Crippen LogP contribution in [0.2, 0.25) is 0 Å². The van der Waals surface area contributed by atoms with Crippen LogP contribution in [0, 0.1) is 0 Å². The lowest BCUT2D eigenvalue weighted by Gasteiger charge is -2.37. The van der Waals surface area contributed by atoms with Crippen molar-refractivity contribution in [1.82, 2.24) is 4.98 Å². The highest BCUT2D eigenvalue weighted by Gasteiger charge is 2.46. The smallest absolute Gasteiger partial charge is 0.309 e. The predicted molar refractivity (Wildman–Crippen MR) is 80.1 cm³/mol. The number of aliphatic carboxylic acids is 1. The number of rotatable bonds is 3. The standard InChI is InChI=1S/C15H14N2O6/c18-12-4-2-9-1-3-10(7-11(9)16-12)17-5-6-23-15(22,14(17)21)8-13(19)20/h1-4,7,22H,5-6,8H2,(H,16,18)(H,19,20)/t15-/m0/s1. The van der Waals surface area contributed by atoms with Crippen molar-refractivity contribution in [3.63, 3.8) is 0 Å². The molecule has 8 nitrogen and oxygen atoms in total. The summed E-state index contributed by atoms with van der Waals surface area (Å²) in [6, 6.07) is 8.03. The number of anilines is 1. The van der Waals surface area contributed by atoms with Gasteiger partial charge >= 0.3 is 5.97 Å². The summed E-state index contributed by atoms with van der Waals surface area (Å²) in [4.78, 5) is 38.5. The molecule has 0 aliphatic carbocycles. The van der Waals surface area contributed by atoms with Crippen LogP contribution in [0.4, 0.5) is 5.69 Å². The Morgan fingerprint density at radius 1 is 1.30 bits per heavy atom. The monoisotopic (exact) mass is 318 g/mol. The molecule has 0 spiro atoms. The third kappa shape index (κ3) is 2.81. The van der Waals surface area contributed by atoms with Gasteiger partial charge in [-0.2, -0.15) is 0 Å². The van der Waals surface area contributed by atoms with Gasteiger partial charge in [0.25, 0.3) is 11.7 Å². The van der Waals surface area contributed by atoms with Gasteiger partial charge in [-0.25, -0.2) is 0 Å². The molecule has 2 aromatic rings. The summed E-state index contributed by atoms with van der Waals surface area (Å²) in [6.07, 6.45) is -0.841. The van der Waals surface area contributed by atoms with Gasteiger partial charge in [0.05, 0.1) is 12.1 Å². The molecule has 1 aliphatic heterocycles. The van der Waals surface area contributed by atoms with E-state index in [-0.39, 0.29) is 18.7 Å². The highest BCUT2D eigenvalue weighted by molar-refractivity contribution is 6.01. The minimum absolute atomic E-state index is 0.00112. The summed E-state index contributed by atoms with van der Waals surface area (Å²) in [5.74, 6) is -4.57. The average molecular weight is 318 g/mol. The van der Waals surface area contributed by atoms with Gasteiger partial charge in [-0.3, -0.25) is 14.4 Å². The fraction of sp³-hybridized carbons (Fsp3) is 0.267. The number of aromatic nitrogens is 1. The molecule has 1 saturated heterocycles. The number of amides is 1. The van der Waals surface area contributed by atoms with Crippen molar-refractivity contribution in [2.75, 3.05) is 18.1 Å². The van der Waals surface area contributed by atoms with Crippen LogP contribution in [0.15, 0.2) is 35.1 Å². The Balaban J connectivity index is 1.98. The fourth-order valence-electron chi connectivity index (χ4n) is 2.56. The molecule has 2 heterocycles. The van der Waals surface area contributed by atoms with Gasteiger partial charge in [0.15, 0.2) is 0 Å². The molecule has 120 valence electrons. The number of carbonyl (C=O) groups is 2. The third-order valence-corrected chi connectivity index (χ3v) is 3.65. The first kappa shape index (κ1) is 15.2. The molecule has 0 saturated carbocycles. The van der Waals surface area contributed by atoms with Crippen LogP contribution in [0.5, 0.6) is 0 Å². The minimum atomic E-state index is -2.39. The molecule has 1 aliphatic rings. The number of hydrogen-bond donors (Lipinski definition) is 3. The van der Waals surface area contributed by atoms with Crippen molar-refractivity contribution in [3.05, 3.63) is 40.7 Å². The molecule has 23 heavy (non-hydrogen) atoms. The topological polar surface area (TPSA) is 120 Å². The SMILES string of the molecule is O=C(O)C[C@]1(O)OCCN(c2ccc3ccc(=O)[nH]c3c2)C1=O. The van der Waals surface area contributed by atoms with Crippen molar-refractivity contribution in [1.29, 1.82) is 0 Å². The fourth-order valence-corrected chi connectivity index (χ4v) is 2.56. The molecule has 3 rings (SSSR count). The van der Waals surface area contributed by atoms with E-state index in [9.17, 15) is 19.5 Å². The van der Waals surface area contributed by atoms with Crippen molar-refractivity contribution in [2.45, 2.75) is 12.2 Å². The molecule has 1 aromatic carbocycles. The lowest BCUT2D eigenvalue weighted by atomic mass is 10.1. The number of carbonyl (C=O) groups excluding carboxylic acids is 1. The van der Waals surface area contributed by atoms with Gasteiger partial charge in [0.2, 0.25) is 5.56 Å². The maximum Gasteiger partial charge on any atom is 0.309 e. The van der Waals surface area contributed by atoms with Gasteiger partial charge < -0.3 is 24.8 Å². The largest absolute Gasteiger partial charge is 0.481 e. The number of carboxylic acid groups (broad SMARTS) is 1. The molecule has 0 unspecified atom stereocenters. The first-order valence-electron chi connectivity index (χ1n) is 6.92. The normalized spacial score (nSPS) is 21.6. The van der Waals surface area contributed by atoms with Crippen LogP contribution >= 0.6 is 0 Å². The van der Waals surface area contributed by atoms with Crippen LogP contribution in [0.3, 0.4) is 0 Å². The van der Waals surface area contributed by atoms with Gasteiger partial charge in [-0.05, 0) is 23.6 Å². The lowest BCUT2D eigenvalue weighted by Crippen LogP contribution is -2.57. The number of benzene rings is 1. The molecule has 1 atom stereocenters. The summed E-state index contributed by atoms with van der Waals surface area (Å²) in [6.45, 7) is 0.169. The highest BCUT2D eigenvalue weighted by Crippen LogP contribution is 2.27. The number of ether oxygens (including phenoxy) is 1. The number of nitrogens with one attached hydrogen (secondary N) is 1. The zero-order valence-corrected chi connectivity index (χ0v) is 12.0. The summed E-state index contributed by atoms with van der Waals surface area (Å²) in [5, 5.41) is 19.8. The number of aromatic amines is 1. The predicted octanol–water partition coefficient (Wildman–Crippen LogP) is 0.0546. The first-order chi connectivity index (χ1) is 10.9. The molecular weight excluding hydrogens is 304 g/mol. The lowest BCUT2D eigenvalue weighted by molar-refractivity contribution is -0.217. The van der Waals surface area contributed by atoms with E-state index in [1.165, 1.54) is 11.0 Å². The van der Waals surface area contributed by atoms with E-state index in [1.807, 2.05) is 0 Å². The van der Waals surface area contributed by atoms with E-state index in [0.29, 0.717) is 11.2 Å². The summed E-state index contributed by atoms with van der Waals surface area (Å²) in [5.41, 5.74) is 0.706. The summed E-state index contributed by atoms with van der Waals surface area (Å²) in [7, 11) is 0. The second-order valence-electron chi connectivity index (χ2n) is 5.25. The molecular formula is C15H14N2O6. The molecule has 1 aromatic heterocycles. The minimum Gasteiger partial charge on any atom is -0.481 e. The van der Waals surface area contributed by atoms with Crippen LogP contribution in [0.1, 0.15) is 6.42 Å². The Labute approximate surface area is 129 Å². The third-order valence-electron chi connectivity index (χ3n) is 3.65. The number of carboxylic acids is 1. The molecule has 8 heteroatoms. The quantitative estimate of drug-likeness (QED) is 0.736. The zero-order chi connectivity index (χ0) is 16.6. The number of aliphatic hydroxyl groups is 1. The molecule has 0 bridgehead atoms. The second-order valence-corrected chi connectivity index (χ2v) is 5.25. The maximum absolute atomic E-state index is 12.4. The number of fused-ring (bicyclic) bond motifs is 1. The van der Waals surface area contributed by atoms with Crippen LogP contribution in [0.25, 0.3) is 10.9 Å². The number of nitrogens with zero attached hydrogens (tertiary/aromatic N) is 1. The number of morpholine rings is 1. The average Bonchev–Trinajstić information content (AvgIpc) is 2.48. The van der Waals surface area contributed by atoms with E-state index in [4.69, 9.17) is 9.84 Å². The summed E-state index contributed by atoms with van der Waals surface area (Å²) < 4.78 is 4.97. The first-order valence-corrected chi connectivity index (χ1v) is 6.92. The zero-order valence-electron chi connectivity index (χ0n) is 12.0. The van der Waals surface area contributed by atoms with Crippen molar-refractivity contribution in [2.24, 2.45) is 0 Å². The van der Waals surface area contributed by atoms with E-state index >= 15 is 0 Å². The Morgan fingerprint density at radius 2 is 2.04 bits per heavy atom. The van der Waals surface area contributed by atoms with Crippen molar-refractivity contribution in [3.8, 4) is 0 Å². The molecule has 1 fully saturated rings. The summed E-state index contributed by atoms with van der Waals surface area (Å²) >= 11 is 0. The molecule has 0 radical (unpaired) electrons. The van der Waals surface area contributed by atoms with E-state index in [0.717, 1.165) is 5.39 Å². The molecule has 3 N–H and O–H groups in total. The van der Waals surface area contributed by atoms with E-state index in [1.54, 1.807) is 24.3 Å². The second kappa shape index (κ2) is 5.49. The van der Waals surface area contributed by atoms with Gasteiger partial charge in [0.1, 0.15) is 6.42 Å². The molecule has 1 amide bonds. The number of H-pyrrole nitrogens is 1. The van der Waals surface area contributed by atoms with Crippen molar-refractivity contribution >= 4 is 28.5 Å². The maximum atomic E-state index is 12.4. The van der Waals surface area contributed by atoms with Crippen LogP contribution in [-0.2, 0) is 14.3 Å². The Morgan fingerprint density at radius 3 is 2.78 bits per heavy atom. The Bertz CT molecular complexity index is 845. The van der Waals surface area contributed by atoms with E-state index in [2.05, 4.69) is 4.98 Å². The van der Waals surface area contributed by atoms with Crippen LogP contribution < -0.4 is 10.5 Å². The van der Waals surface area contributed by atoms with Crippen molar-refractivity contribution < 1.29 is 24.5 Å². The number of hydrogen-bond acceptors (Lipinski definition) is 5. The van der Waals surface area contributed by atoms with E-state index < -0.39 is 24.1 Å². The highest BCUT2D eigenvalue weighted by atomic mass is 16.6. The Hall–Kier alpha value is -2.71.